The maximum atomic E-state index is 6.42. The van der Waals surface area contributed by atoms with Crippen molar-refractivity contribution in [2.75, 3.05) is 6.54 Å². The van der Waals surface area contributed by atoms with Gasteiger partial charge in [-0.05, 0) is 11.8 Å². The SMILES string of the molecule is CC(C)(C)CCNN=N. The quantitative estimate of drug-likeness (QED) is 0.341. The summed E-state index contributed by atoms with van der Waals surface area (Å²) in [6.45, 7) is 7.29. The van der Waals surface area contributed by atoms with E-state index in [0.29, 0.717) is 5.41 Å². The van der Waals surface area contributed by atoms with Crippen molar-refractivity contribution in [3.05, 3.63) is 0 Å². The molecule has 54 valence electrons. The number of nitrogens with zero attached hydrogens (tertiary/aromatic N) is 1. The second-order valence-corrected chi connectivity index (χ2v) is 3.33. The smallest absolute Gasteiger partial charge is 0.0351 e. The third-order valence-electron chi connectivity index (χ3n) is 1.07. The standard InChI is InChI=1S/C6H15N3/c1-6(2,3)4-5-8-9-7/h4-5H2,1-3H3,(H2,7,8). The molecule has 3 heteroatoms. The van der Waals surface area contributed by atoms with Crippen LogP contribution in [-0.2, 0) is 0 Å². The summed E-state index contributed by atoms with van der Waals surface area (Å²) in [4.78, 5) is 0. The van der Waals surface area contributed by atoms with Gasteiger partial charge in [0.15, 0.2) is 0 Å². The van der Waals surface area contributed by atoms with Gasteiger partial charge in [0.25, 0.3) is 0 Å². The van der Waals surface area contributed by atoms with Crippen molar-refractivity contribution < 1.29 is 0 Å². The Bertz CT molecular complexity index is 82.8. The predicted molar refractivity (Wildman–Crippen MR) is 37.2 cm³/mol. The molecule has 0 aromatic carbocycles. The molecule has 0 radical (unpaired) electrons. The van der Waals surface area contributed by atoms with Crippen LogP contribution in [0, 0.1) is 10.9 Å². The molecule has 0 bridgehead atoms. The minimum atomic E-state index is 0.345. The molecule has 2 N–H and O–H groups in total. The van der Waals surface area contributed by atoms with Crippen molar-refractivity contribution in [2.45, 2.75) is 27.2 Å². The van der Waals surface area contributed by atoms with E-state index in [1.165, 1.54) is 0 Å². The van der Waals surface area contributed by atoms with Crippen molar-refractivity contribution in [2.24, 2.45) is 10.6 Å². The molecule has 0 unspecified atom stereocenters. The van der Waals surface area contributed by atoms with Crippen LogP contribution in [0.5, 0.6) is 0 Å². The van der Waals surface area contributed by atoms with E-state index in [9.17, 15) is 0 Å². The van der Waals surface area contributed by atoms with E-state index in [-0.39, 0.29) is 0 Å². The van der Waals surface area contributed by atoms with Crippen LogP contribution in [0.25, 0.3) is 0 Å². The first-order valence-electron chi connectivity index (χ1n) is 3.15. The molecule has 0 amide bonds. The van der Waals surface area contributed by atoms with Gasteiger partial charge < -0.3 is 0 Å². The lowest BCUT2D eigenvalue weighted by atomic mass is 9.93. The number of rotatable bonds is 3. The minimum absolute atomic E-state index is 0.345. The highest BCUT2D eigenvalue weighted by Crippen LogP contribution is 2.16. The zero-order valence-corrected chi connectivity index (χ0v) is 6.36. The van der Waals surface area contributed by atoms with E-state index in [1.54, 1.807) is 0 Å². The largest absolute Gasteiger partial charge is 0.292 e. The molecule has 0 saturated heterocycles. The summed E-state index contributed by atoms with van der Waals surface area (Å²) in [5.41, 5.74) is 9.37. The molecular formula is C6H15N3. The van der Waals surface area contributed by atoms with E-state index < -0.39 is 0 Å². The fourth-order valence-electron chi connectivity index (χ4n) is 0.487. The molecule has 0 spiro atoms. The van der Waals surface area contributed by atoms with Crippen LogP contribution in [0.3, 0.4) is 0 Å². The summed E-state index contributed by atoms with van der Waals surface area (Å²) in [5.74, 6) is 0. The van der Waals surface area contributed by atoms with Crippen LogP contribution < -0.4 is 5.43 Å². The Hall–Kier alpha value is -0.600. The van der Waals surface area contributed by atoms with Gasteiger partial charge in [-0.15, -0.1) is 0 Å². The van der Waals surface area contributed by atoms with Crippen LogP contribution >= 0.6 is 0 Å². The highest BCUT2D eigenvalue weighted by atomic mass is 15.4. The van der Waals surface area contributed by atoms with Crippen LogP contribution in [0.15, 0.2) is 5.22 Å². The Morgan fingerprint density at radius 3 is 2.33 bits per heavy atom. The molecule has 0 aliphatic heterocycles. The van der Waals surface area contributed by atoms with Gasteiger partial charge in [0.1, 0.15) is 0 Å². The van der Waals surface area contributed by atoms with E-state index >= 15 is 0 Å². The van der Waals surface area contributed by atoms with Gasteiger partial charge in [-0.1, -0.05) is 26.0 Å². The zero-order chi connectivity index (χ0) is 7.33. The van der Waals surface area contributed by atoms with Crippen LogP contribution in [0.4, 0.5) is 0 Å². The fourth-order valence-corrected chi connectivity index (χ4v) is 0.487. The molecule has 3 nitrogen and oxygen atoms in total. The van der Waals surface area contributed by atoms with Crippen LogP contribution in [0.1, 0.15) is 27.2 Å². The van der Waals surface area contributed by atoms with Gasteiger partial charge in [-0.3, -0.25) is 5.43 Å². The second kappa shape index (κ2) is 3.43. The Balaban J connectivity index is 3.17. The van der Waals surface area contributed by atoms with Gasteiger partial charge in [-0.25, -0.2) is 0 Å². The summed E-state index contributed by atoms with van der Waals surface area (Å²) in [6, 6.07) is 0. The van der Waals surface area contributed by atoms with Gasteiger partial charge >= 0.3 is 0 Å². The first kappa shape index (κ1) is 8.40. The molecule has 0 heterocycles. The Kier molecular flexibility index (Phi) is 3.20. The van der Waals surface area contributed by atoms with Crippen LogP contribution in [-0.4, -0.2) is 6.54 Å². The lowest BCUT2D eigenvalue weighted by Crippen LogP contribution is -2.15. The number of nitrogens with one attached hydrogen (secondary N) is 2. The Morgan fingerprint density at radius 1 is 1.44 bits per heavy atom. The van der Waals surface area contributed by atoms with Gasteiger partial charge in [0.2, 0.25) is 0 Å². The van der Waals surface area contributed by atoms with Crippen molar-refractivity contribution in [1.29, 1.82) is 5.53 Å². The van der Waals surface area contributed by atoms with E-state index in [1.807, 2.05) is 0 Å². The molecule has 0 rings (SSSR count). The summed E-state index contributed by atoms with van der Waals surface area (Å²) < 4.78 is 0. The number of hydrogen-bond acceptors (Lipinski definition) is 2. The molecular weight excluding hydrogens is 114 g/mol. The van der Waals surface area contributed by atoms with Crippen molar-refractivity contribution in [3.63, 3.8) is 0 Å². The first-order chi connectivity index (χ1) is 4.06. The monoisotopic (exact) mass is 129 g/mol. The van der Waals surface area contributed by atoms with E-state index in [2.05, 4.69) is 31.4 Å². The predicted octanol–water partition coefficient (Wildman–Crippen LogP) is 1.96. The average Bonchev–Trinajstić information content (AvgIpc) is 1.63. The van der Waals surface area contributed by atoms with Gasteiger partial charge in [0.05, 0.1) is 0 Å². The summed E-state index contributed by atoms with van der Waals surface area (Å²) in [5, 5.41) is 3.04. The number of hydrogen-bond donors (Lipinski definition) is 2. The summed E-state index contributed by atoms with van der Waals surface area (Å²) in [6.07, 6.45) is 1.05. The normalized spacial score (nSPS) is 11.0. The molecule has 0 atom stereocenters. The van der Waals surface area contributed by atoms with E-state index in [4.69, 9.17) is 5.53 Å². The van der Waals surface area contributed by atoms with Crippen molar-refractivity contribution in [1.82, 2.24) is 5.43 Å². The Morgan fingerprint density at radius 2 is 2.00 bits per heavy atom. The average molecular weight is 129 g/mol. The van der Waals surface area contributed by atoms with Crippen molar-refractivity contribution >= 4 is 0 Å². The molecule has 0 aliphatic carbocycles. The highest BCUT2D eigenvalue weighted by molar-refractivity contribution is 4.61. The molecule has 0 aromatic heterocycles. The Labute approximate surface area is 56.3 Å². The maximum Gasteiger partial charge on any atom is 0.0351 e. The highest BCUT2D eigenvalue weighted by Gasteiger charge is 2.07. The maximum absolute atomic E-state index is 6.42. The van der Waals surface area contributed by atoms with E-state index in [0.717, 1.165) is 13.0 Å². The van der Waals surface area contributed by atoms with Crippen molar-refractivity contribution in [3.8, 4) is 0 Å². The third-order valence-corrected chi connectivity index (χ3v) is 1.07. The molecule has 0 saturated carbocycles. The molecule has 0 fully saturated rings. The zero-order valence-electron chi connectivity index (χ0n) is 6.36. The minimum Gasteiger partial charge on any atom is -0.292 e. The molecule has 0 aliphatic rings. The molecule has 0 aromatic rings. The van der Waals surface area contributed by atoms with Gasteiger partial charge in [0, 0.05) is 6.54 Å². The third kappa shape index (κ3) is 7.40. The van der Waals surface area contributed by atoms with Gasteiger partial charge in [-0.2, -0.15) is 5.53 Å². The molecule has 9 heavy (non-hydrogen) atoms. The second-order valence-electron chi connectivity index (χ2n) is 3.33. The fraction of sp³-hybridized carbons (Fsp3) is 1.00. The van der Waals surface area contributed by atoms with Crippen LogP contribution in [0.2, 0.25) is 0 Å². The summed E-state index contributed by atoms with van der Waals surface area (Å²) in [7, 11) is 0. The topological polar surface area (TPSA) is 48.2 Å². The lowest BCUT2D eigenvalue weighted by Gasteiger charge is -2.16. The summed E-state index contributed by atoms with van der Waals surface area (Å²) >= 11 is 0. The lowest BCUT2D eigenvalue weighted by molar-refractivity contribution is 0.366. The first-order valence-corrected chi connectivity index (χ1v) is 3.15.